The van der Waals surface area contributed by atoms with Crippen LogP contribution in [0, 0.1) is 5.92 Å². The number of sulfonamides is 1. The highest BCUT2D eigenvalue weighted by molar-refractivity contribution is 7.90. The molecule has 2 N–H and O–H groups in total. The number of hydrogen-bond acceptors (Lipinski definition) is 6. The molecule has 0 bridgehead atoms. The summed E-state index contributed by atoms with van der Waals surface area (Å²) in [6.07, 6.45) is 6.91. The molecule has 2 aliphatic carbocycles. The van der Waals surface area contributed by atoms with E-state index in [9.17, 15) is 13.2 Å². The fraction of sp³-hybridized carbons (Fsp3) is 0.538. The van der Waals surface area contributed by atoms with Crippen LogP contribution in [0.2, 0.25) is 0 Å². The van der Waals surface area contributed by atoms with Gasteiger partial charge in [-0.2, -0.15) is 0 Å². The molecule has 3 aliphatic rings. The normalized spacial score (nSPS) is 22.4. The number of amides is 1. The lowest BCUT2D eigenvalue weighted by atomic mass is 10.2. The van der Waals surface area contributed by atoms with Crippen LogP contribution >= 0.6 is 0 Å². The second-order valence-corrected chi connectivity index (χ2v) is 11.8. The standard InChI is InChI=1S/C26H34N4O4S/c1-18-14-23(18)24-12-11-21(34-24)16-30(20-9-10-20)17-26(31)28-19-6-5-7-22(15-19)35(32,33)29-25-8-3-2-4-13-27-25/h5-7,11-12,15,18,20,23H,2-4,8-10,13-14,16-17H2,1H3,(H,27,29)(H,28,31). The first-order valence-electron chi connectivity index (χ1n) is 12.7. The van der Waals surface area contributed by atoms with Crippen LogP contribution in [0.25, 0.3) is 0 Å². The number of carbonyl (C=O) groups is 1. The fourth-order valence-electron chi connectivity index (χ4n) is 4.65. The molecule has 0 radical (unpaired) electrons. The molecule has 0 saturated heterocycles. The lowest BCUT2D eigenvalue weighted by Crippen LogP contribution is -2.34. The average molecular weight is 499 g/mol. The number of carbonyl (C=O) groups excluding carboxylic acids is 1. The summed E-state index contributed by atoms with van der Waals surface area (Å²) in [7, 11) is -3.76. The quantitative estimate of drug-likeness (QED) is 0.538. The maximum absolute atomic E-state index is 12.9. The van der Waals surface area contributed by atoms with Gasteiger partial charge in [-0.25, -0.2) is 8.42 Å². The maximum atomic E-state index is 12.9. The number of nitrogens with zero attached hydrogens (tertiary/aromatic N) is 2. The lowest BCUT2D eigenvalue weighted by molar-refractivity contribution is -0.117. The number of furan rings is 1. The van der Waals surface area contributed by atoms with Crippen molar-refractivity contribution >= 4 is 27.5 Å². The van der Waals surface area contributed by atoms with Crippen molar-refractivity contribution in [2.75, 3.05) is 18.4 Å². The molecule has 1 amide bonds. The zero-order valence-corrected chi connectivity index (χ0v) is 21.0. The predicted molar refractivity (Wildman–Crippen MR) is 135 cm³/mol. The Bertz CT molecular complexity index is 1200. The van der Waals surface area contributed by atoms with Crippen molar-refractivity contribution < 1.29 is 17.6 Å². The van der Waals surface area contributed by atoms with E-state index in [1.807, 2.05) is 6.07 Å². The van der Waals surface area contributed by atoms with E-state index in [0.717, 1.165) is 43.6 Å². The molecule has 188 valence electrons. The molecule has 2 saturated carbocycles. The molecule has 1 aliphatic heterocycles. The van der Waals surface area contributed by atoms with Gasteiger partial charge >= 0.3 is 0 Å². The van der Waals surface area contributed by atoms with Gasteiger partial charge in [0, 0.05) is 30.6 Å². The van der Waals surface area contributed by atoms with Gasteiger partial charge in [-0.3, -0.25) is 19.4 Å². The minimum Gasteiger partial charge on any atom is -0.464 e. The molecule has 2 unspecified atom stereocenters. The maximum Gasteiger partial charge on any atom is 0.262 e. The van der Waals surface area contributed by atoms with E-state index in [1.165, 1.54) is 18.6 Å². The van der Waals surface area contributed by atoms with Gasteiger partial charge in [-0.15, -0.1) is 0 Å². The average Bonchev–Trinajstić information content (AvgIpc) is 3.74. The van der Waals surface area contributed by atoms with E-state index in [2.05, 4.69) is 32.9 Å². The van der Waals surface area contributed by atoms with E-state index in [-0.39, 0.29) is 17.3 Å². The second-order valence-electron chi connectivity index (χ2n) is 10.1. The van der Waals surface area contributed by atoms with Crippen molar-refractivity contribution in [2.24, 2.45) is 10.9 Å². The van der Waals surface area contributed by atoms with Crippen molar-refractivity contribution in [3.8, 4) is 0 Å². The Morgan fingerprint density at radius 1 is 1.17 bits per heavy atom. The highest BCUT2D eigenvalue weighted by Crippen LogP contribution is 2.47. The van der Waals surface area contributed by atoms with Crippen LogP contribution in [-0.4, -0.2) is 44.2 Å². The molecule has 2 heterocycles. The van der Waals surface area contributed by atoms with Crippen LogP contribution in [0.5, 0.6) is 0 Å². The Labute approximate surface area is 207 Å². The first kappa shape index (κ1) is 24.1. The van der Waals surface area contributed by atoms with Crippen LogP contribution in [0.1, 0.15) is 69.3 Å². The van der Waals surface area contributed by atoms with Crippen LogP contribution in [0.3, 0.4) is 0 Å². The predicted octanol–water partition coefficient (Wildman–Crippen LogP) is 4.26. The van der Waals surface area contributed by atoms with Crippen molar-refractivity contribution in [1.82, 2.24) is 9.62 Å². The van der Waals surface area contributed by atoms with Gasteiger partial charge in [-0.1, -0.05) is 19.4 Å². The van der Waals surface area contributed by atoms with E-state index in [4.69, 9.17) is 4.42 Å². The monoisotopic (exact) mass is 498 g/mol. The summed E-state index contributed by atoms with van der Waals surface area (Å²) >= 11 is 0. The molecule has 5 rings (SSSR count). The third-order valence-corrected chi connectivity index (χ3v) is 8.36. The van der Waals surface area contributed by atoms with Gasteiger partial charge in [0.15, 0.2) is 0 Å². The van der Waals surface area contributed by atoms with Gasteiger partial charge in [0.25, 0.3) is 10.0 Å². The third-order valence-electron chi connectivity index (χ3n) is 6.98. The summed E-state index contributed by atoms with van der Waals surface area (Å²) in [5.41, 5.74) is 0.458. The lowest BCUT2D eigenvalue weighted by Gasteiger charge is -2.20. The number of nitrogens with one attached hydrogen (secondary N) is 2. The molecule has 2 aromatic rings. The summed E-state index contributed by atoms with van der Waals surface area (Å²) in [5, 5.41) is 2.87. The summed E-state index contributed by atoms with van der Waals surface area (Å²) in [5.74, 6) is 3.50. The number of amidine groups is 1. The SMILES string of the molecule is CC1CC1c1ccc(CN(CC(=O)Nc2cccc(S(=O)(=O)NC3=NCCCCC3)c2)C2CC2)o1. The van der Waals surface area contributed by atoms with Crippen molar-refractivity contribution in [3.63, 3.8) is 0 Å². The van der Waals surface area contributed by atoms with Crippen molar-refractivity contribution in [1.29, 1.82) is 0 Å². The molecule has 2 atom stereocenters. The number of anilines is 1. The molecular formula is C26H34N4O4S. The Kier molecular flexibility index (Phi) is 6.98. The van der Waals surface area contributed by atoms with Crippen LogP contribution in [-0.2, 0) is 21.4 Å². The van der Waals surface area contributed by atoms with Gasteiger partial charge < -0.3 is 9.73 Å². The van der Waals surface area contributed by atoms with Gasteiger partial charge in [0.1, 0.15) is 17.4 Å². The van der Waals surface area contributed by atoms with E-state index in [1.54, 1.807) is 12.1 Å². The Hall–Kier alpha value is -2.65. The smallest absolute Gasteiger partial charge is 0.262 e. The largest absolute Gasteiger partial charge is 0.464 e. The highest BCUT2D eigenvalue weighted by atomic mass is 32.2. The van der Waals surface area contributed by atoms with E-state index < -0.39 is 10.0 Å². The molecule has 35 heavy (non-hydrogen) atoms. The number of rotatable bonds is 9. The summed E-state index contributed by atoms with van der Waals surface area (Å²) < 4.78 is 34.4. The minimum atomic E-state index is -3.76. The van der Waals surface area contributed by atoms with Gasteiger partial charge in [0.05, 0.1) is 18.0 Å². The summed E-state index contributed by atoms with van der Waals surface area (Å²) in [6.45, 7) is 3.70. The van der Waals surface area contributed by atoms with E-state index >= 15 is 0 Å². The molecule has 1 aromatic carbocycles. The fourth-order valence-corrected chi connectivity index (χ4v) is 5.78. The third kappa shape index (κ3) is 6.32. The topological polar surface area (TPSA) is 104 Å². The molecule has 8 nitrogen and oxygen atoms in total. The zero-order chi connectivity index (χ0) is 24.4. The second kappa shape index (κ2) is 10.1. The van der Waals surface area contributed by atoms with E-state index in [0.29, 0.717) is 48.9 Å². The Balaban J connectivity index is 1.20. The molecule has 1 aromatic heterocycles. The van der Waals surface area contributed by atoms with Crippen LogP contribution in [0.15, 0.2) is 50.7 Å². The molecule has 2 fully saturated rings. The summed E-state index contributed by atoms with van der Waals surface area (Å²) in [4.78, 5) is 19.5. The van der Waals surface area contributed by atoms with Crippen LogP contribution < -0.4 is 10.0 Å². The van der Waals surface area contributed by atoms with Crippen molar-refractivity contribution in [3.05, 3.63) is 47.9 Å². The number of aliphatic imine (C=N–C) groups is 1. The molecular weight excluding hydrogens is 464 g/mol. The van der Waals surface area contributed by atoms with Crippen LogP contribution in [0.4, 0.5) is 5.69 Å². The van der Waals surface area contributed by atoms with Gasteiger partial charge in [-0.05, 0) is 68.4 Å². The molecule has 0 spiro atoms. The minimum absolute atomic E-state index is 0.110. The number of benzene rings is 1. The molecule has 9 heteroatoms. The first-order chi connectivity index (χ1) is 16.9. The first-order valence-corrected chi connectivity index (χ1v) is 14.1. The van der Waals surface area contributed by atoms with Gasteiger partial charge in [0.2, 0.25) is 5.91 Å². The zero-order valence-electron chi connectivity index (χ0n) is 20.2. The Morgan fingerprint density at radius 3 is 2.77 bits per heavy atom. The Morgan fingerprint density at radius 2 is 2.00 bits per heavy atom. The van der Waals surface area contributed by atoms with Crippen molar-refractivity contribution in [2.45, 2.75) is 75.3 Å². The highest BCUT2D eigenvalue weighted by Gasteiger charge is 2.37. The number of hydrogen-bond donors (Lipinski definition) is 2. The summed E-state index contributed by atoms with van der Waals surface area (Å²) in [6, 6.07) is 10.8.